The Balaban J connectivity index is 1.79. The molecular formula is C16H19F2N3. The maximum Gasteiger partial charge on any atom is 0.126 e. The average Bonchev–Trinajstić information content (AvgIpc) is 3.16. The van der Waals surface area contributed by atoms with Gasteiger partial charge in [-0.1, -0.05) is 0 Å². The molecule has 1 saturated carbocycles. The van der Waals surface area contributed by atoms with Crippen molar-refractivity contribution in [3.63, 3.8) is 0 Å². The number of benzene rings is 1. The summed E-state index contributed by atoms with van der Waals surface area (Å²) in [7, 11) is 0. The van der Waals surface area contributed by atoms with Crippen LogP contribution >= 0.6 is 0 Å². The van der Waals surface area contributed by atoms with Gasteiger partial charge in [0.25, 0.3) is 0 Å². The number of aromatic nitrogens is 2. The largest absolute Gasteiger partial charge is 0.310 e. The third-order valence-corrected chi connectivity index (χ3v) is 3.93. The van der Waals surface area contributed by atoms with Gasteiger partial charge < -0.3 is 5.32 Å². The number of hydrogen-bond donors (Lipinski definition) is 1. The molecule has 3 rings (SSSR count). The molecule has 0 bridgehead atoms. The van der Waals surface area contributed by atoms with Crippen molar-refractivity contribution in [1.82, 2.24) is 15.1 Å². The number of nitrogens with one attached hydrogen (secondary N) is 1. The maximum absolute atomic E-state index is 13.3. The first-order valence-corrected chi connectivity index (χ1v) is 7.24. The molecule has 1 aromatic carbocycles. The lowest BCUT2D eigenvalue weighted by molar-refractivity contribution is 0.572. The molecule has 2 aromatic rings. The van der Waals surface area contributed by atoms with Crippen molar-refractivity contribution in [3.8, 4) is 0 Å². The Labute approximate surface area is 123 Å². The van der Waals surface area contributed by atoms with Crippen LogP contribution in [-0.2, 0) is 13.1 Å². The Morgan fingerprint density at radius 3 is 2.48 bits per heavy atom. The molecule has 1 aliphatic carbocycles. The van der Waals surface area contributed by atoms with Crippen molar-refractivity contribution in [2.75, 3.05) is 0 Å². The molecule has 1 fully saturated rings. The summed E-state index contributed by atoms with van der Waals surface area (Å²) in [4.78, 5) is 0. The Bertz CT molecular complexity index is 640. The second-order valence-corrected chi connectivity index (χ2v) is 5.74. The monoisotopic (exact) mass is 291 g/mol. The van der Waals surface area contributed by atoms with E-state index < -0.39 is 11.6 Å². The van der Waals surface area contributed by atoms with Gasteiger partial charge in [-0.05, 0) is 44.4 Å². The molecule has 1 aliphatic rings. The zero-order valence-corrected chi connectivity index (χ0v) is 12.3. The zero-order chi connectivity index (χ0) is 15.0. The number of nitrogens with zero attached hydrogens (tertiary/aromatic N) is 2. The number of rotatable bonds is 5. The Morgan fingerprint density at radius 1 is 1.19 bits per heavy atom. The first kappa shape index (κ1) is 14.2. The van der Waals surface area contributed by atoms with E-state index in [0.717, 1.165) is 24.0 Å². The van der Waals surface area contributed by atoms with Gasteiger partial charge in [-0.25, -0.2) is 8.78 Å². The molecule has 5 heteroatoms. The van der Waals surface area contributed by atoms with Crippen LogP contribution in [-0.4, -0.2) is 15.8 Å². The van der Waals surface area contributed by atoms with Gasteiger partial charge in [0.2, 0.25) is 0 Å². The molecule has 21 heavy (non-hydrogen) atoms. The van der Waals surface area contributed by atoms with Crippen LogP contribution in [0.15, 0.2) is 18.2 Å². The molecule has 1 aromatic heterocycles. The highest BCUT2D eigenvalue weighted by Crippen LogP contribution is 2.21. The molecule has 0 amide bonds. The molecule has 3 nitrogen and oxygen atoms in total. The van der Waals surface area contributed by atoms with Gasteiger partial charge in [0.1, 0.15) is 11.6 Å². The summed E-state index contributed by atoms with van der Waals surface area (Å²) in [6, 6.07) is 4.23. The van der Waals surface area contributed by atoms with E-state index in [1.165, 1.54) is 30.5 Å². The highest BCUT2D eigenvalue weighted by Gasteiger charge is 2.21. The van der Waals surface area contributed by atoms with Crippen LogP contribution in [0, 0.1) is 25.5 Å². The summed E-state index contributed by atoms with van der Waals surface area (Å²) < 4.78 is 28.3. The van der Waals surface area contributed by atoms with Crippen LogP contribution in [0.2, 0.25) is 0 Å². The van der Waals surface area contributed by atoms with Crippen molar-refractivity contribution in [2.24, 2.45) is 0 Å². The topological polar surface area (TPSA) is 29.9 Å². The van der Waals surface area contributed by atoms with E-state index in [1.807, 2.05) is 18.5 Å². The molecule has 0 saturated heterocycles. The second kappa shape index (κ2) is 5.56. The van der Waals surface area contributed by atoms with E-state index >= 15 is 0 Å². The Morgan fingerprint density at radius 2 is 1.86 bits per heavy atom. The summed E-state index contributed by atoms with van der Waals surface area (Å²) in [5.41, 5.74) is 3.78. The van der Waals surface area contributed by atoms with Crippen molar-refractivity contribution >= 4 is 0 Å². The summed E-state index contributed by atoms with van der Waals surface area (Å²) in [5, 5.41) is 7.97. The minimum atomic E-state index is -0.554. The van der Waals surface area contributed by atoms with Gasteiger partial charge in [-0.3, -0.25) is 4.68 Å². The lowest BCUT2D eigenvalue weighted by atomic mass is 10.2. The average molecular weight is 291 g/mol. The van der Waals surface area contributed by atoms with Crippen LogP contribution in [0.4, 0.5) is 8.78 Å². The van der Waals surface area contributed by atoms with E-state index in [4.69, 9.17) is 0 Å². The summed E-state index contributed by atoms with van der Waals surface area (Å²) in [6.45, 7) is 5.16. The summed E-state index contributed by atoms with van der Waals surface area (Å²) in [6.07, 6.45) is 2.49. The SMILES string of the molecule is Cc1nn(Cc2cc(F)cc(F)c2)c(C)c1CNC1CC1. The van der Waals surface area contributed by atoms with Gasteiger partial charge in [0.15, 0.2) is 0 Å². The number of aryl methyl sites for hydroxylation is 1. The van der Waals surface area contributed by atoms with E-state index in [-0.39, 0.29) is 0 Å². The summed E-state index contributed by atoms with van der Waals surface area (Å²) >= 11 is 0. The standard InChI is InChI=1S/C16H19F2N3/c1-10-16(8-19-15-3-4-15)11(2)21(20-10)9-12-5-13(17)7-14(18)6-12/h5-7,15,19H,3-4,8-9H2,1-2H3. The quantitative estimate of drug-likeness (QED) is 0.917. The predicted molar refractivity (Wildman–Crippen MR) is 77.0 cm³/mol. The number of hydrogen-bond acceptors (Lipinski definition) is 2. The fourth-order valence-corrected chi connectivity index (χ4v) is 2.55. The fraction of sp³-hybridized carbons (Fsp3) is 0.438. The van der Waals surface area contributed by atoms with Gasteiger partial charge in [-0.2, -0.15) is 5.10 Å². The maximum atomic E-state index is 13.3. The van der Waals surface area contributed by atoms with E-state index in [1.54, 1.807) is 0 Å². The highest BCUT2D eigenvalue weighted by molar-refractivity contribution is 5.26. The second-order valence-electron chi connectivity index (χ2n) is 5.74. The van der Waals surface area contributed by atoms with Crippen LogP contribution in [0.25, 0.3) is 0 Å². The molecule has 0 radical (unpaired) electrons. The van der Waals surface area contributed by atoms with Gasteiger partial charge in [0, 0.05) is 29.9 Å². The van der Waals surface area contributed by atoms with Crippen molar-refractivity contribution in [1.29, 1.82) is 0 Å². The first-order chi connectivity index (χ1) is 10.0. The molecule has 0 aliphatic heterocycles. The molecule has 0 atom stereocenters. The lowest BCUT2D eigenvalue weighted by Gasteiger charge is -2.07. The Hall–Kier alpha value is -1.75. The van der Waals surface area contributed by atoms with Crippen LogP contribution in [0.3, 0.4) is 0 Å². The van der Waals surface area contributed by atoms with Gasteiger partial charge >= 0.3 is 0 Å². The molecule has 0 spiro atoms. The van der Waals surface area contributed by atoms with E-state index in [2.05, 4.69) is 10.4 Å². The van der Waals surface area contributed by atoms with Crippen LogP contribution < -0.4 is 5.32 Å². The predicted octanol–water partition coefficient (Wildman–Crippen LogP) is 3.08. The minimum Gasteiger partial charge on any atom is -0.310 e. The van der Waals surface area contributed by atoms with Crippen LogP contribution in [0.1, 0.15) is 35.4 Å². The van der Waals surface area contributed by atoms with Gasteiger partial charge in [-0.15, -0.1) is 0 Å². The highest BCUT2D eigenvalue weighted by atomic mass is 19.1. The van der Waals surface area contributed by atoms with Gasteiger partial charge in [0.05, 0.1) is 12.2 Å². The van der Waals surface area contributed by atoms with E-state index in [0.29, 0.717) is 18.2 Å². The minimum absolute atomic E-state index is 0.380. The Kier molecular flexibility index (Phi) is 3.76. The zero-order valence-electron chi connectivity index (χ0n) is 12.3. The smallest absolute Gasteiger partial charge is 0.126 e. The van der Waals surface area contributed by atoms with Crippen LogP contribution in [0.5, 0.6) is 0 Å². The first-order valence-electron chi connectivity index (χ1n) is 7.24. The fourth-order valence-electron chi connectivity index (χ4n) is 2.55. The molecule has 112 valence electrons. The lowest BCUT2D eigenvalue weighted by Crippen LogP contribution is -2.16. The normalized spacial score (nSPS) is 14.7. The van der Waals surface area contributed by atoms with Crippen molar-refractivity contribution < 1.29 is 8.78 Å². The van der Waals surface area contributed by atoms with Crippen molar-refractivity contribution in [3.05, 3.63) is 52.3 Å². The van der Waals surface area contributed by atoms with Crippen molar-refractivity contribution in [2.45, 2.75) is 45.8 Å². The molecule has 0 unspecified atom stereocenters. The third kappa shape index (κ3) is 3.29. The molecular weight excluding hydrogens is 272 g/mol. The summed E-state index contributed by atoms with van der Waals surface area (Å²) in [5.74, 6) is -1.11. The molecule has 1 N–H and O–H groups in total. The van der Waals surface area contributed by atoms with E-state index in [9.17, 15) is 8.78 Å². The third-order valence-electron chi connectivity index (χ3n) is 3.93. The number of halogens is 2. The molecule has 1 heterocycles.